The van der Waals surface area contributed by atoms with E-state index in [1.165, 1.54) is 30.4 Å². The summed E-state index contributed by atoms with van der Waals surface area (Å²) in [5.41, 5.74) is 0.534. The van der Waals surface area contributed by atoms with E-state index in [9.17, 15) is 9.59 Å². The number of hydrogen-bond acceptors (Lipinski definition) is 4. The largest absolute Gasteiger partial charge is 0.383 e. The van der Waals surface area contributed by atoms with Crippen LogP contribution in [0.2, 0.25) is 0 Å². The van der Waals surface area contributed by atoms with Crippen molar-refractivity contribution in [3.63, 3.8) is 0 Å². The Morgan fingerprint density at radius 2 is 1.89 bits per heavy atom. The van der Waals surface area contributed by atoms with Crippen molar-refractivity contribution in [2.45, 2.75) is 57.7 Å². The molecule has 0 aliphatic heterocycles. The number of hydrogen-bond donors (Lipinski definition) is 2. The van der Waals surface area contributed by atoms with Crippen LogP contribution in [0.1, 0.15) is 44.2 Å². The highest BCUT2D eigenvalue weighted by Gasteiger charge is 2.15. The fourth-order valence-electron chi connectivity index (χ4n) is 3.59. The van der Waals surface area contributed by atoms with Gasteiger partial charge < -0.3 is 15.4 Å². The van der Waals surface area contributed by atoms with E-state index >= 15 is 0 Å². The van der Waals surface area contributed by atoms with Crippen molar-refractivity contribution in [2.75, 3.05) is 13.7 Å². The van der Waals surface area contributed by atoms with Crippen molar-refractivity contribution >= 4 is 16.8 Å². The summed E-state index contributed by atoms with van der Waals surface area (Å²) in [5.74, 6) is 0. The lowest BCUT2D eigenvalue weighted by Crippen LogP contribution is -2.42. The van der Waals surface area contributed by atoms with E-state index in [2.05, 4.69) is 15.7 Å². The normalized spacial score (nSPS) is 15.4. The zero-order chi connectivity index (χ0) is 19.1. The van der Waals surface area contributed by atoms with Crippen molar-refractivity contribution in [3.05, 3.63) is 40.3 Å². The van der Waals surface area contributed by atoms with E-state index in [1.54, 1.807) is 13.2 Å². The molecular weight excluding hydrogens is 344 g/mol. The van der Waals surface area contributed by atoms with Gasteiger partial charge in [-0.25, -0.2) is 9.48 Å². The first-order chi connectivity index (χ1) is 13.2. The second-order valence-corrected chi connectivity index (χ2v) is 7.03. The monoisotopic (exact) mass is 372 g/mol. The van der Waals surface area contributed by atoms with Gasteiger partial charge in [0.1, 0.15) is 0 Å². The Morgan fingerprint density at radius 3 is 2.59 bits per heavy atom. The van der Waals surface area contributed by atoms with Crippen LogP contribution in [0.3, 0.4) is 0 Å². The van der Waals surface area contributed by atoms with Gasteiger partial charge in [-0.1, -0.05) is 43.9 Å². The third kappa shape index (κ3) is 5.07. The molecule has 2 amide bonds. The van der Waals surface area contributed by atoms with E-state index in [0.29, 0.717) is 24.2 Å². The molecule has 0 atom stereocenters. The predicted molar refractivity (Wildman–Crippen MR) is 105 cm³/mol. The molecule has 0 radical (unpaired) electrons. The molecule has 0 spiro atoms. The molecule has 1 aromatic carbocycles. The van der Waals surface area contributed by atoms with E-state index < -0.39 is 0 Å². The molecule has 1 heterocycles. The van der Waals surface area contributed by atoms with Gasteiger partial charge in [-0.15, -0.1) is 0 Å². The minimum absolute atomic E-state index is 0.144. The molecule has 1 fully saturated rings. The topological polar surface area (TPSA) is 85.2 Å². The quantitative estimate of drug-likeness (QED) is 0.763. The van der Waals surface area contributed by atoms with Gasteiger partial charge in [-0.2, -0.15) is 5.10 Å². The number of rotatable bonds is 6. The SMILES string of the molecule is COCCn1nc(CNC(=O)NC2CCCCCC2)c2ccccc2c1=O. The lowest BCUT2D eigenvalue weighted by Gasteiger charge is -2.17. The summed E-state index contributed by atoms with van der Waals surface area (Å²) in [7, 11) is 1.59. The van der Waals surface area contributed by atoms with Crippen molar-refractivity contribution in [1.29, 1.82) is 0 Å². The fourth-order valence-corrected chi connectivity index (χ4v) is 3.59. The van der Waals surface area contributed by atoms with Crippen molar-refractivity contribution in [3.8, 4) is 0 Å². The highest BCUT2D eigenvalue weighted by Crippen LogP contribution is 2.17. The van der Waals surface area contributed by atoms with Crippen LogP contribution in [0.25, 0.3) is 10.8 Å². The van der Waals surface area contributed by atoms with Crippen LogP contribution in [0.5, 0.6) is 0 Å². The molecule has 1 saturated carbocycles. The molecule has 27 heavy (non-hydrogen) atoms. The van der Waals surface area contributed by atoms with Gasteiger partial charge in [0.25, 0.3) is 5.56 Å². The van der Waals surface area contributed by atoms with Crippen LogP contribution >= 0.6 is 0 Å². The molecule has 7 nitrogen and oxygen atoms in total. The number of carbonyl (C=O) groups is 1. The maximum Gasteiger partial charge on any atom is 0.315 e. The maximum absolute atomic E-state index is 12.6. The van der Waals surface area contributed by atoms with Gasteiger partial charge in [-0.3, -0.25) is 4.79 Å². The number of ether oxygens (including phenoxy) is 1. The van der Waals surface area contributed by atoms with E-state index in [-0.39, 0.29) is 24.2 Å². The van der Waals surface area contributed by atoms with Crippen molar-refractivity contribution < 1.29 is 9.53 Å². The van der Waals surface area contributed by atoms with E-state index in [4.69, 9.17) is 4.74 Å². The van der Waals surface area contributed by atoms with Crippen LogP contribution in [-0.2, 0) is 17.8 Å². The summed E-state index contributed by atoms with van der Waals surface area (Å²) in [5, 5.41) is 11.8. The Labute approximate surface area is 159 Å². The third-order valence-corrected chi connectivity index (χ3v) is 5.06. The first-order valence-electron chi connectivity index (χ1n) is 9.71. The highest BCUT2D eigenvalue weighted by molar-refractivity contribution is 5.84. The molecule has 3 rings (SSSR count). The van der Waals surface area contributed by atoms with Crippen LogP contribution in [-0.4, -0.2) is 35.6 Å². The van der Waals surface area contributed by atoms with Crippen molar-refractivity contribution in [2.24, 2.45) is 0 Å². The number of fused-ring (bicyclic) bond motifs is 1. The smallest absolute Gasteiger partial charge is 0.315 e. The number of nitrogens with one attached hydrogen (secondary N) is 2. The lowest BCUT2D eigenvalue weighted by atomic mass is 10.1. The van der Waals surface area contributed by atoms with Gasteiger partial charge in [0, 0.05) is 18.5 Å². The predicted octanol–water partition coefficient (Wildman–Crippen LogP) is 2.56. The van der Waals surface area contributed by atoms with Crippen LogP contribution in [0, 0.1) is 0 Å². The Morgan fingerprint density at radius 1 is 1.19 bits per heavy atom. The summed E-state index contributed by atoms with van der Waals surface area (Å²) in [6.07, 6.45) is 6.91. The Balaban J connectivity index is 1.72. The molecular formula is C20H28N4O3. The summed E-state index contributed by atoms with van der Waals surface area (Å²) >= 11 is 0. The molecule has 7 heteroatoms. The molecule has 2 aromatic rings. The van der Waals surface area contributed by atoms with Crippen molar-refractivity contribution in [1.82, 2.24) is 20.4 Å². The molecule has 1 aliphatic rings. The lowest BCUT2D eigenvalue weighted by molar-refractivity contribution is 0.181. The number of benzene rings is 1. The number of carbonyl (C=O) groups excluding carboxylic acids is 1. The number of methoxy groups -OCH3 is 1. The summed E-state index contributed by atoms with van der Waals surface area (Å²) in [4.78, 5) is 24.9. The maximum atomic E-state index is 12.6. The van der Waals surface area contributed by atoms with Gasteiger partial charge in [-0.05, 0) is 18.9 Å². The molecule has 0 unspecified atom stereocenters. The Kier molecular flexibility index (Phi) is 6.81. The minimum atomic E-state index is -0.178. The van der Waals surface area contributed by atoms with Crippen LogP contribution < -0.4 is 16.2 Å². The zero-order valence-electron chi connectivity index (χ0n) is 15.9. The van der Waals surface area contributed by atoms with Gasteiger partial charge in [0.05, 0.1) is 30.8 Å². The van der Waals surface area contributed by atoms with Crippen LogP contribution in [0.4, 0.5) is 4.79 Å². The molecule has 146 valence electrons. The zero-order valence-corrected chi connectivity index (χ0v) is 15.9. The highest BCUT2D eigenvalue weighted by atomic mass is 16.5. The average Bonchev–Trinajstić information content (AvgIpc) is 2.95. The van der Waals surface area contributed by atoms with Crippen LogP contribution in [0.15, 0.2) is 29.1 Å². The van der Waals surface area contributed by atoms with E-state index in [0.717, 1.165) is 18.2 Å². The minimum Gasteiger partial charge on any atom is -0.383 e. The third-order valence-electron chi connectivity index (χ3n) is 5.06. The summed E-state index contributed by atoms with van der Waals surface area (Å²) in [6, 6.07) is 7.43. The Bertz CT molecular complexity index is 826. The number of amides is 2. The standard InChI is InChI=1S/C20H28N4O3/c1-27-13-12-24-19(25)17-11-7-6-10-16(17)18(23-24)14-21-20(26)22-15-8-4-2-3-5-9-15/h6-7,10-11,15H,2-5,8-9,12-14H2,1H3,(H2,21,22,26). The molecule has 1 aliphatic carbocycles. The molecule has 0 saturated heterocycles. The second kappa shape index (κ2) is 9.50. The Hall–Kier alpha value is -2.41. The van der Waals surface area contributed by atoms with Gasteiger partial charge in [0.2, 0.25) is 0 Å². The number of nitrogens with zero attached hydrogens (tertiary/aromatic N) is 2. The van der Waals surface area contributed by atoms with E-state index in [1.807, 2.05) is 18.2 Å². The van der Waals surface area contributed by atoms with Gasteiger partial charge in [0.15, 0.2) is 0 Å². The first kappa shape index (κ1) is 19.4. The number of urea groups is 1. The number of aromatic nitrogens is 2. The molecule has 0 bridgehead atoms. The summed E-state index contributed by atoms with van der Waals surface area (Å²) in [6.45, 7) is 1.05. The fraction of sp³-hybridized carbons (Fsp3) is 0.550. The summed E-state index contributed by atoms with van der Waals surface area (Å²) < 4.78 is 6.47. The first-order valence-corrected chi connectivity index (χ1v) is 9.71. The van der Waals surface area contributed by atoms with Gasteiger partial charge >= 0.3 is 6.03 Å². The molecule has 1 aromatic heterocycles. The molecule has 2 N–H and O–H groups in total. The average molecular weight is 372 g/mol. The second-order valence-electron chi connectivity index (χ2n) is 7.03.